The topological polar surface area (TPSA) is 40.1 Å². The maximum atomic E-state index is 6.80. The molecule has 3 aromatic heterocycles. The number of imidazole rings is 1. The molecule has 0 spiro atoms. The summed E-state index contributed by atoms with van der Waals surface area (Å²) >= 11 is 2.56. The summed E-state index contributed by atoms with van der Waals surface area (Å²) in [6, 6.07) is 68.4. The van der Waals surface area contributed by atoms with E-state index >= 15 is 0 Å². The predicted molar refractivity (Wildman–Crippen MR) is 291 cm³/mol. The first-order valence-corrected chi connectivity index (χ1v) is 26.3. The first kappa shape index (κ1) is 44.4. The molecule has 2 aliphatic heterocycles. The zero-order chi connectivity index (χ0) is 48.7. The van der Waals surface area contributed by atoms with E-state index in [9.17, 15) is 0 Å². The van der Waals surface area contributed by atoms with Gasteiger partial charge in [0.25, 0.3) is 0 Å². The molecule has 0 aliphatic carbocycles. The van der Waals surface area contributed by atoms with Gasteiger partial charge < -0.3 is 0 Å². The van der Waals surface area contributed by atoms with Crippen molar-refractivity contribution in [1.29, 1.82) is 0 Å². The molecule has 13 rings (SSSR count). The molecule has 0 saturated carbocycles. The Morgan fingerprint density at radius 3 is 1.82 bits per heavy atom. The second-order valence-corrected chi connectivity index (χ2v) is 21.4. The van der Waals surface area contributed by atoms with Crippen molar-refractivity contribution in [2.75, 3.05) is 18.0 Å². The van der Waals surface area contributed by atoms with Crippen molar-refractivity contribution in [3.63, 3.8) is 0 Å². The number of para-hydroxylation sites is 3. The van der Waals surface area contributed by atoms with Crippen LogP contribution in [0.25, 0.3) is 83.4 Å². The molecule has 5 heterocycles. The van der Waals surface area contributed by atoms with Gasteiger partial charge in [0.2, 0.25) is 0 Å². The number of ether oxygens (including phenoxy) is 1. The minimum absolute atomic E-state index is 0.0911. The summed E-state index contributed by atoms with van der Waals surface area (Å²) in [7, 11) is 0. The summed E-state index contributed by atoms with van der Waals surface area (Å²) in [5, 5.41) is 2.22. The van der Waals surface area contributed by atoms with E-state index < -0.39 is 0 Å². The van der Waals surface area contributed by atoms with E-state index in [1.165, 1.54) is 50.3 Å². The van der Waals surface area contributed by atoms with E-state index in [-0.39, 0.29) is 5.41 Å². The minimum Gasteiger partial charge on any atom is -0.0579 e. The second kappa shape index (κ2) is 17.6. The summed E-state index contributed by atoms with van der Waals surface area (Å²) < 4.78 is 14.9. The number of aryl methyl sites for hydroxylation is 1. The number of pyridine rings is 1. The molecule has 72 heavy (non-hydrogen) atoms. The fourth-order valence-corrected chi connectivity index (χ4v) is 12.6. The maximum absolute atomic E-state index is 6.80. The first-order chi connectivity index (χ1) is 35.2. The van der Waals surface area contributed by atoms with Crippen LogP contribution >= 0.6 is 0 Å². The third-order valence-electron chi connectivity index (χ3n) is 14.9. The van der Waals surface area contributed by atoms with Crippen LogP contribution in [0.15, 0.2) is 176 Å². The Bertz CT molecular complexity index is 3900. The molecule has 0 fully saturated rings. The van der Waals surface area contributed by atoms with Crippen molar-refractivity contribution in [3.8, 4) is 62.1 Å². The third kappa shape index (κ3) is 7.41. The van der Waals surface area contributed by atoms with Gasteiger partial charge in [0, 0.05) is 11.8 Å². The average Bonchev–Trinajstić information content (AvgIpc) is 3.90. The van der Waals surface area contributed by atoms with E-state index in [1.54, 1.807) is 0 Å². The predicted octanol–water partition coefficient (Wildman–Crippen LogP) is 15.7. The molecule has 7 heteroatoms. The van der Waals surface area contributed by atoms with Crippen molar-refractivity contribution in [1.82, 2.24) is 18.7 Å². The van der Waals surface area contributed by atoms with Crippen LogP contribution in [-0.2, 0) is 37.6 Å². The van der Waals surface area contributed by atoms with Crippen molar-refractivity contribution < 1.29 is 24.1 Å². The van der Waals surface area contributed by atoms with Gasteiger partial charge in [-0.1, -0.05) is 57.2 Å². The fourth-order valence-electron chi connectivity index (χ4n) is 11.6. The average molecular weight is 1120 g/mol. The van der Waals surface area contributed by atoms with Crippen molar-refractivity contribution >= 4 is 38.5 Å². The Labute approximate surface area is 431 Å². The second-order valence-electron chi connectivity index (χ2n) is 20.4. The standard InChI is InChI=1S/C65H53N5O.Pt/c1-43-38-60(66-41-55(43)44-30-32-47(33-31-44)65(2,3)4)70-56-27-12-11-24-51(56)52-35-34-50(40-59(52)70)71-49-23-15-22-48(39-49)68-42-69(58-29-14-13-28-57(58)68)64-61(45-18-7-5-8-19-45)53-25-16-36-67-37-17-26-54(63(53)67)62(64)46-20-9-6-10-21-46;/h5-15,18-24,27-35,38,41H,16-17,25-26,36-37H2,1-4H3;/q-2;. The van der Waals surface area contributed by atoms with Crippen LogP contribution in [0.4, 0.5) is 5.69 Å². The van der Waals surface area contributed by atoms with Gasteiger partial charge in [-0.15, -0.1) is 0 Å². The van der Waals surface area contributed by atoms with Crippen LogP contribution < -0.4 is 9.64 Å². The molecule has 11 aromatic rings. The molecule has 0 atom stereocenters. The van der Waals surface area contributed by atoms with E-state index in [0.29, 0.717) is 11.5 Å². The van der Waals surface area contributed by atoms with Crippen molar-refractivity contribution in [3.05, 3.63) is 214 Å². The van der Waals surface area contributed by atoms with Crippen molar-refractivity contribution in [2.45, 2.75) is 58.8 Å². The number of fused-ring (bicyclic) bond motifs is 4. The molecule has 0 N–H and O–H groups in total. The molecule has 356 valence electrons. The molecule has 0 saturated heterocycles. The van der Waals surface area contributed by atoms with Gasteiger partial charge in [-0.25, -0.2) is 0 Å². The summed E-state index contributed by atoms with van der Waals surface area (Å²) in [6.07, 6.45) is 6.40. The summed E-state index contributed by atoms with van der Waals surface area (Å²) in [6.45, 7) is 11.1. The molecule has 0 radical (unpaired) electrons. The Hall–Kier alpha value is -7.53. The first-order valence-electron chi connectivity index (χ1n) is 25.2. The smallest absolute Gasteiger partial charge is 0.0579 e. The van der Waals surface area contributed by atoms with Crippen LogP contribution in [0.1, 0.15) is 55.9 Å². The summed E-state index contributed by atoms with van der Waals surface area (Å²) in [5.74, 6) is 2.05. The summed E-state index contributed by atoms with van der Waals surface area (Å²) in [4.78, 5) is 7.79. The van der Waals surface area contributed by atoms with Gasteiger partial charge in [0.05, 0.1) is 0 Å². The van der Waals surface area contributed by atoms with Gasteiger partial charge in [-0.05, 0) is 29.0 Å². The molecule has 2 aliphatic rings. The number of benzene rings is 8. The monoisotopic (exact) mass is 1110 g/mol. The van der Waals surface area contributed by atoms with Crippen LogP contribution in [0.5, 0.6) is 11.5 Å². The molecule has 0 unspecified atom stereocenters. The SMILES string of the molecule is Cc1cc(-n2c3[c-]c(Oc4[c-]c(-n5[c](=[Pt])n(-c6c(-c7ccccc7)c7c8c(c6-c6ccccc6)CCCN8CCC7)c6ccccc65)ccc4)ccc3c3ccccc32)ncc1-c1ccc(C(C)(C)C)cc1. The number of hydrogen-bond donors (Lipinski definition) is 0. The Morgan fingerprint density at radius 2 is 1.17 bits per heavy atom. The van der Waals surface area contributed by atoms with Crippen LogP contribution in [-0.4, -0.2) is 31.8 Å². The number of rotatable bonds is 8. The van der Waals surface area contributed by atoms with Gasteiger partial charge in [0.15, 0.2) is 0 Å². The fraction of sp³-hybridized carbons (Fsp3) is 0.169. The normalized spacial score (nSPS) is 13.6. The molecule has 0 bridgehead atoms. The van der Waals surface area contributed by atoms with E-state index in [0.717, 1.165) is 104 Å². The van der Waals surface area contributed by atoms with Crippen LogP contribution in [0.3, 0.4) is 0 Å². The van der Waals surface area contributed by atoms with E-state index in [2.05, 4.69) is 236 Å². The minimum atomic E-state index is 0.0911. The molecular weight excluding hydrogens is 1060 g/mol. The quantitative estimate of drug-likeness (QED) is 0.142. The van der Waals surface area contributed by atoms with Gasteiger partial charge in [0.1, 0.15) is 0 Å². The Balaban J connectivity index is 0.934. The number of anilines is 1. The number of nitrogens with zero attached hydrogens (tertiary/aromatic N) is 5. The Kier molecular flexibility index (Phi) is 10.9. The molecular formula is C65H53N5OPt-2. The van der Waals surface area contributed by atoms with Crippen LogP contribution in [0.2, 0.25) is 0 Å². The number of hydrogen-bond acceptors (Lipinski definition) is 3. The number of aromatic nitrogens is 4. The van der Waals surface area contributed by atoms with Gasteiger partial charge >= 0.3 is 336 Å². The van der Waals surface area contributed by atoms with E-state index in [1.807, 2.05) is 18.3 Å². The Morgan fingerprint density at radius 1 is 0.556 bits per heavy atom. The van der Waals surface area contributed by atoms with Gasteiger partial charge in [-0.3, -0.25) is 0 Å². The summed E-state index contributed by atoms with van der Waals surface area (Å²) in [5.41, 5.74) is 20.7. The third-order valence-corrected chi connectivity index (χ3v) is 15.9. The zero-order valence-corrected chi connectivity index (χ0v) is 43.2. The van der Waals surface area contributed by atoms with E-state index in [4.69, 9.17) is 9.72 Å². The molecule has 6 nitrogen and oxygen atoms in total. The van der Waals surface area contributed by atoms with Crippen molar-refractivity contribution in [2.24, 2.45) is 0 Å². The zero-order valence-electron chi connectivity index (χ0n) is 40.9. The van der Waals surface area contributed by atoms with Crippen LogP contribution in [0, 0.1) is 22.9 Å². The molecule has 0 amide bonds. The van der Waals surface area contributed by atoms with Gasteiger partial charge in [-0.2, -0.15) is 0 Å². The molecule has 8 aromatic carbocycles.